The standard InChI is InChI=1S/C29H46O2Si2/c1-27(2,3)33(8,9)31-22-11-13-23-21(20-22)10-12-25-24(23)14-16-28(4)26(25)15-17-29(28,30)18-19-32(5,6)7/h11,13,20,24-26,30H,10,12,14-17H2,1-9H3/t24-,25-,26+,28+,29-/m1/s1. The van der Waals surface area contributed by atoms with Crippen molar-refractivity contribution < 1.29 is 9.53 Å². The molecule has 5 atom stereocenters. The molecule has 0 saturated heterocycles. The molecule has 1 aromatic carbocycles. The van der Waals surface area contributed by atoms with Crippen LogP contribution in [0.15, 0.2) is 18.2 Å². The number of aryl methyl sites for hydroxylation is 1. The van der Waals surface area contributed by atoms with Gasteiger partial charge in [0.1, 0.15) is 19.4 Å². The molecule has 0 heterocycles. The molecule has 2 nitrogen and oxygen atoms in total. The van der Waals surface area contributed by atoms with E-state index in [1.165, 1.54) is 18.4 Å². The zero-order valence-electron chi connectivity index (χ0n) is 22.6. The summed E-state index contributed by atoms with van der Waals surface area (Å²) in [5, 5.41) is 11.9. The van der Waals surface area contributed by atoms with Crippen molar-refractivity contribution in [2.45, 2.75) is 116 Å². The van der Waals surface area contributed by atoms with Gasteiger partial charge in [-0.2, -0.15) is 0 Å². The molecule has 2 fully saturated rings. The minimum atomic E-state index is -1.83. The lowest BCUT2D eigenvalue weighted by Gasteiger charge is -2.52. The van der Waals surface area contributed by atoms with Crippen LogP contribution in [0.2, 0.25) is 37.8 Å². The summed E-state index contributed by atoms with van der Waals surface area (Å²) in [6, 6.07) is 6.97. The first-order valence-corrected chi connectivity index (χ1v) is 19.6. The fourth-order valence-electron chi connectivity index (χ4n) is 6.58. The summed E-state index contributed by atoms with van der Waals surface area (Å²) >= 11 is 0. The van der Waals surface area contributed by atoms with Crippen LogP contribution in [-0.4, -0.2) is 27.1 Å². The lowest BCUT2D eigenvalue weighted by Crippen LogP contribution is -2.50. The highest BCUT2D eigenvalue weighted by molar-refractivity contribution is 6.83. The highest BCUT2D eigenvalue weighted by Gasteiger charge is 2.61. The Hall–Kier alpha value is -1.03. The van der Waals surface area contributed by atoms with Crippen molar-refractivity contribution >= 4 is 16.4 Å². The summed E-state index contributed by atoms with van der Waals surface area (Å²) in [7, 11) is -3.34. The van der Waals surface area contributed by atoms with Gasteiger partial charge in [0.25, 0.3) is 0 Å². The van der Waals surface area contributed by atoms with Gasteiger partial charge in [0.2, 0.25) is 8.32 Å². The first-order chi connectivity index (χ1) is 15.1. The van der Waals surface area contributed by atoms with E-state index >= 15 is 0 Å². The van der Waals surface area contributed by atoms with Crippen molar-refractivity contribution in [2.75, 3.05) is 0 Å². The maximum absolute atomic E-state index is 11.7. The molecule has 4 rings (SSSR count). The van der Waals surface area contributed by atoms with Gasteiger partial charge in [0.05, 0.1) is 0 Å². The van der Waals surface area contributed by atoms with E-state index in [-0.39, 0.29) is 10.5 Å². The zero-order valence-corrected chi connectivity index (χ0v) is 24.6. The van der Waals surface area contributed by atoms with E-state index in [1.807, 2.05) is 0 Å². The molecule has 0 amide bonds. The number of fused-ring (bicyclic) bond motifs is 5. The second-order valence-corrected chi connectivity index (χ2v) is 23.5. The van der Waals surface area contributed by atoms with E-state index in [2.05, 4.69) is 90.1 Å². The maximum atomic E-state index is 11.7. The van der Waals surface area contributed by atoms with Crippen LogP contribution in [-0.2, 0) is 6.42 Å². The number of hydrogen-bond donors (Lipinski definition) is 1. The van der Waals surface area contributed by atoms with Crippen LogP contribution in [0, 0.1) is 28.7 Å². The molecule has 0 unspecified atom stereocenters. The van der Waals surface area contributed by atoms with Crippen molar-refractivity contribution in [1.29, 1.82) is 0 Å². The molecule has 1 aromatic rings. The average molecular weight is 483 g/mol. The van der Waals surface area contributed by atoms with Gasteiger partial charge in [-0.15, -0.1) is 5.54 Å². The van der Waals surface area contributed by atoms with E-state index in [9.17, 15) is 5.11 Å². The SMILES string of the molecule is CC(C)(C)[Si](C)(C)Oc1ccc2c(c1)CC[C@@H]1[C@@H]2CC[C@@]2(C)[C@H]1CC[C@@]2(O)C#C[Si](C)(C)C. The molecule has 3 aliphatic rings. The van der Waals surface area contributed by atoms with E-state index in [1.54, 1.807) is 5.56 Å². The highest BCUT2D eigenvalue weighted by atomic mass is 28.4. The number of benzene rings is 1. The van der Waals surface area contributed by atoms with Crippen molar-refractivity contribution in [2.24, 2.45) is 17.3 Å². The third-order valence-corrected chi connectivity index (χ3v) is 14.9. The normalized spacial score (nSPS) is 33.9. The highest BCUT2D eigenvalue weighted by Crippen LogP contribution is 2.64. The molecule has 0 spiro atoms. The Morgan fingerprint density at radius 2 is 1.73 bits per heavy atom. The molecule has 33 heavy (non-hydrogen) atoms. The minimum Gasteiger partial charge on any atom is -0.543 e. The van der Waals surface area contributed by atoms with Crippen LogP contribution in [0.25, 0.3) is 0 Å². The minimum absolute atomic E-state index is 0.0658. The third kappa shape index (κ3) is 4.39. The Bertz CT molecular complexity index is 974. The molecule has 182 valence electrons. The molecule has 2 saturated carbocycles. The van der Waals surface area contributed by atoms with Gasteiger partial charge in [-0.1, -0.05) is 59.3 Å². The van der Waals surface area contributed by atoms with Crippen molar-refractivity contribution in [3.8, 4) is 17.2 Å². The van der Waals surface area contributed by atoms with Gasteiger partial charge < -0.3 is 9.53 Å². The quantitative estimate of drug-likeness (QED) is 0.348. The molecular weight excluding hydrogens is 436 g/mol. The summed E-state index contributed by atoms with van der Waals surface area (Å²) in [5.74, 6) is 6.39. The third-order valence-electron chi connectivity index (χ3n) is 9.67. The van der Waals surface area contributed by atoms with E-state index < -0.39 is 22.0 Å². The second-order valence-electron chi connectivity index (χ2n) is 14.0. The predicted octanol–water partition coefficient (Wildman–Crippen LogP) is 7.54. The van der Waals surface area contributed by atoms with Crippen LogP contribution >= 0.6 is 0 Å². The van der Waals surface area contributed by atoms with Crippen LogP contribution in [0.5, 0.6) is 5.75 Å². The molecular formula is C29H46O2Si2. The summed E-state index contributed by atoms with van der Waals surface area (Å²) in [4.78, 5) is 0. The lowest BCUT2D eigenvalue weighted by atomic mass is 9.53. The molecule has 0 aromatic heterocycles. The van der Waals surface area contributed by atoms with Gasteiger partial charge in [-0.05, 0) is 97.7 Å². The van der Waals surface area contributed by atoms with Crippen molar-refractivity contribution in [3.63, 3.8) is 0 Å². The van der Waals surface area contributed by atoms with Gasteiger partial charge in [0.15, 0.2) is 0 Å². The van der Waals surface area contributed by atoms with Crippen LogP contribution in [0.4, 0.5) is 0 Å². The number of aliphatic hydroxyl groups is 1. The number of hydrogen-bond acceptors (Lipinski definition) is 2. The molecule has 0 aliphatic heterocycles. The maximum Gasteiger partial charge on any atom is 0.250 e. The monoisotopic (exact) mass is 482 g/mol. The Morgan fingerprint density at radius 3 is 2.36 bits per heavy atom. The van der Waals surface area contributed by atoms with Crippen LogP contribution < -0.4 is 4.43 Å². The topological polar surface area (TPSA) is 29.5 Å². The average Bonchev–Trinajstić information content (AvgIpc) is 2.96. The Morgan fingerprint density at radius 1 is 1.03 bits per heavy atom. The van der Waals surface area contributed by atoms with Gasteiger partial charge in [-0.3, -0.25) is 0 Å². The van der Waals surface area contributed by atoms with E-state index in [0.29, 0.717) is 17.8 Å². The fraction of sp³-hybridized carbons (Fsp3) is 0.724. The Kier molecular flexibility index (Phi) is 6.08. The molecule has 0 bridgehead atoms. The predicted molar refractivity (Wildman–Crippen MR) is 145 cm³/mol. The molecule has 3 aliphatic carbocycles. The summed E-state index contributed by atoms with van der Waals surface area (Å²) in [6.45, 7) is 20.7. The fourth-order valence-corrected chi connectivity index (χ4v) is 8.19. The van der Waals surface area contributed by atoms with Crippen molar-refractivity contribution in [1.82, 2.24) is 0 Å². The first kappa shape index (κ1) is 25.1. The van der Waals surface area contributed by atoms with E-state index in [4.69, 9.17) is 4.43 Å². The summed E-state index contributed by atoms with van der Waals surface area (Å²) in [6.07, 6.45) is 6.59. The van der Waals surface area contributed by atoms with Crippen molar-refractivity contribution in [3.05, 3.63) is 29.3 Å². The molecule has 0 radical (unpaired) electrons. The number of rotatable bonds is 2. The first-order valence-electron chi connectivity index (χ1n) is 13.1. The van der Waals surface area contributed by atoms with Crippen LogP contribution in [0.1, 0.15) is 76.8 Å². The lowest BCUT2D eigenvalue weighted by molar-refractivity contribution is -0.0647. The largest absolute Gasteiger partial charge is 0.543 e. The Labute approximate surface area is 205 Å². The smallest absolute Gasteiger partial charge is 0.250 e. The van der Waals surface area contributed by atoms with Gasteiger partial charge in [0, 0.05) is 5.41 Å². The Balaban J connectivity index is 1.58. The summed E-state index contributed by atoms with van der Waals surface area (Å²) in [5.41, 5.74) is 5.70. The summed E-state index contributed by atoms with van der Waals surface area (Å²) < 4.78 is 6.63. The zero-order chi connectivity index (χ0) is 24.4. The molecule has 1 N–H and O–H groups in total. The van der Waals surface area contributed by atoms with E-state index in [0.717, 1.165) is 31.4 Å². The second kappa shape index (κ2) is 8.00. The molecule has 4 heteroatoms. The van der Waals surface area contributed by atoms with Gasteiger partial charge >= 0.3 is 0 Å². The van der Waals surface area contributed by atoms with Gasteiger partial charge in [-0.25, -0.2) is 0 Å². The van der Waals surface area contributed by atoms with Crippen LogP contribution in [0.3, 0.4) is 0 Å².